The van der Waals surface area contributed by atoms with Crippen LogP contribution in [0.25, 0.3) is 0 Å². The predicted molar refractivity (Wildman–Crippen MR) is 85.2 cm³/mol. The summed E-state index contributed by atoms with van der Waals surface area (Å²) in [6.07, 6.45) is 8.25. The van der Waals surface area contributed by atoms with Gasteiger partial charge in [0.1, 0.15) is 0 Å². The summed E-state index contributed by atoms with van der Waals surface area (Å²) in [4.78, 5) is 0. The van der Waals surface area contributed by atoms with Gasteiger partial charge in [-0.15, -0.1) is 0 Å². The van der Waals surface area contributed by atoms with Gasteiger partial charge in [0.2, 0.25) is 0 Å². The van der Waals surface area contributed by atoms with Crippen molar-refractivity contribution < 1.29 is 9.47 Å². The fraction of sp³-hybridized carbons (Fsp3) is 0.667. The molecule has 3 nitrogen and oxygen atoms in total. The van der Waals surface area contributed by atoms with Crippen molar-refractivity contribution in [2.75, 3.05) is 19.8 Å². The average Bonchev–Trinajstić information content (AvgIpc) is 2.80. The molecule has 0 aromatic heterocycles. The van der Waals surface area contributed by atoms with E-state index in [2.05, 4.69) is 19.1 Å². The van der Waals surface area contributed by atoms with Crippen LogP contribution in [0.1, 0.15) is 56.6 Å². The summed E-state index contributed by atoms with van der Waals surface area (Å²) in [6, 6.07) is 4.35. The van der Waals surface area contributed by atoms with Gasteiger partial charge in [0.25, 0.3) is 0 Å². The van der Waals surface area contributed by atoms with Crippen molar-refractivity contribution in [1.82, 2.24) is 0 Å². The second-order valence-corrected chi connectivity index (χ2v) is 6.37. The SMILES string of the molecule is CCc1c(C2(CN)CCCCC2)ccc2c1OCCCO2. The molecule has 0 amide bonds. The first-order valence-electron chi connectivity index (χ1n) is 8.43. The third-order valence-electron chi connectivity index (χ3n) is 5.14. The van der Waals surface area contributed by atoms with Gasteiger partial charge in [-0.25, -0.2) is 0 Å². The minimum Gasteiger partial charge on any atom is -0.490 e. The highest BCUT2D eigenvalue weighted by molar-refractivity contribution is 5.53. The third kappa shape index (κ3) is 2.64. The maximum absolute atomic E-state index is 6.23. The first-order valence-corrected chi connectivity index (χ1v) is 8.43. The first kappa shape index (κ1) is 14.7. The lowest BCUT2D eigenvalue weighted by molar-refractivity contribution is 0.290. The zero-order valence-electron chi connectivity index (χ0n) is 13.1. The third-order valence-corrected chi connectivity index (χ3v) is 5.14. The Kier molecular flexibility index (Phi) is 4.39. The van der Waals surface area contributed by atoms with Crippen molar-refractivity contribution in [2.45, 2.75) is 57.3 Å². The summed E-state index contributed by atoms with van der Waals surface area (Å²) in [5.74, 6) is 1.89. The molecule has 21 heavy (non-hydrogen) atoms. The molecule has 3 heteroatoms. The van der Waals surface area contributed by atoms with Gasteiger partial charge in [-0.3, -0.25) is 0 Å². The van der Waals surface area contributed by atoms with Gasteiger partial charge < -0.3 is 15.2 Å². The number of benzene rings is 1. The minimum atomic E-state index is 0.147. The Balaban J connectivity index is 2.07. The summed E-state index contributed by atoms with van der Waals surface area (Å²) in [7, 11) is 0. The van der Waals surface area contributed by atoms with Crippen molar-refractivity contribution in [3.8, 4) is 11.5 Å². The van der Waals surface area contributed by atoms with E-state index in [1.165, 1.54) is 43.2 Å². The highest BCUT2D eigenvalue weighted by Gasteiger charge is 2.35. The van der Waals surface area contributed by atoms with Crippen LogP contribution in [-0.4, -0.2) is 19.8 Å². The average molecular weight is 289 g/mol. The van der Waals surface area contributed by atoms with E-state index < -0.39 is 0 Å². The summed E-state index contributed by atoms with van der Waals surface area (Å²) in [5, 5.41) is 0. The quantitative estimate of drug-likeness (QED) is 0.925. The van der Waals surface area contributed by atoms with Gasteiger partial charge in [0.05, 0.1) is 13.2 Å². The molecule has 1 aliphatic heterocycles. The number of rotatable bonds is 3. The zero-order valence-corrected chi connectivity index (χ0v) is 13.1. The predicted octanol–water partition coefficient (Wildman–Crippen LogP) is 3.57. The smallest absolute Gasteiger partial charge is 0.164 e. The molecule has 1 aliphatic carbocycles. The van der Waals surface area contributed by atoms with E-state index in [0.717, 1.165) is 44.1 Å². The molecular weight excluding hydrogens is 262 g/mol. The Morgan fingerprint density at radius 2 is 1.81 bits per heavy atom. The van der Waals surface area contributed by atoms with Gasteiger partial charge in [-0.05, 0) is 30.9 Å². The Hall–Kier alpha value is -1.22. The summed E-state index contributed by atoms with van der Waals surface area (Å²) >= 11 is 0. The summed E-state index contributed by atoms with van der Waals surface area (Å²) < 4.78 is 11.9. The van der Waals surface area contributed by atoms with Crippen LogP contribution in [0.5, 0.6) is 11.5 Å². The number of hydrogen-bond acceptors (Lipinski definition) is 3. The first-order chi connectivity index (χ1) is 10.3. The Bertz CT molecular complexity index is 492. The number of nitrogens with two attached hydrogens (primary N) is 1. The van der Waals surface area contributed by atoms with E-state index in [1.807, 2.05) is 0 Å². The van der Waals surface area contributed by atoms with Crippen molar-refractivity contribution >= 4 is 0 Å². The number of ether oxygens (including phenoxy) is 2. The van der Waals surface area contributed by atoms with Gasteiger partial charge in [0.15, 0.2) is 11.5 Å². The van der Waals surface area contributed by atoms with E-state index in [0.29, 0.717) is 0 Å². The molecule has 2 aliphatic rings. The largest absolute Gasteiger partial charge is 0.490 e. The topological polar surface area (TPSA) is 44.5 Å². The maximum atomic E-state index is 6.23. The summed E-state index contributed by atoms with van der Waals surface area (Å²) in [5.41, 5.74) is 9.11. The van der Waals surface area contributed by atoms with Crippen LogP contribution in [-0.2, 0) is 11.8 Å². The Labute approximate surface area is 127 Å². The monoisotopic (exact) mass is 289 g/mol. The molecule has 1 aromatic carbocycles. The lowest BCUT2D eigenvalue weighted by Gasteiger charge is -2.38. The Morgan fingerprint density at radius 1 is 1.05 bits per heavy atom. The molecule has 0 unspecified atom stereocenters. The number of hydrogen-bond donors (Lipinski definition) is 1. The van der Waals surface area contributed by atoms with Crippen LogP contribution in [0, 0.1) is 0 Å². The van der Waals surface area contributed by atoms with Crippen LogP contribution in [0.4, 0.5) is 0 Å². The van der Waals surface area contributed by atoms with Crippen LogP contribution in [0.15, 0.2) is 12.1 Å². The molecule has 3 rings (SSSR count). The van der Waals surface area contributed by atoms with Crippen LogP contribution in [0.3, 0.4) is 0 Å². The lowest BCUT2D eigenvalue weighted by atomic mass is 9.68. The molecule has 2 N–H and O–H groups in total. The fourth-order valence-electron chi connectivity index (χ4n) is 3.95. The molecule has 0 atom stereocenters. The van der Waals surface area contributed by atoms with Crippen molar-refractivity contribution in [3.05, 3.63) is 23.3 Å². The van der Waals surface area contributed by atoms with E-state index in [-0.39, 0.29) is 5.41 Å². The number of fused-ring (bicyclic) bond motifs is 1. The van der Waals surface area contributed by atoms with E-state index in [1.54, 1.807) is 0 Å². The van der Waals surface area contributed by atoms with Crippen LogP contribution < -0.4 is 15.2 Å². The van der Waals surface area contributed by atoms with Crippen molar-refractivity contribution in [3.63, 3.8) is 0 Å². The molecular formula is C18H27NO2. The molecule has 0 spiro atoms. The minimum absolute atomic E-state index is 0.147. The molecule has 1 aromatic rings. The van der Waals surface area contributed by atoms with Gasteiger partial charge in [-0.2, -0.15) is 0 Å². The molecule has 0 bridgehead atoms. The van der Waals surface area contributed by atoms with Crippen molar-refractivity contribution in [2.24, 2.45) is 5.73 Å². The second-order valence-electron chi connectivity index (χ2n) is 6.37. The zero-order chi connectivity index (χ0) is 14.7. The summed E-state index contributed by atoms with van der Waals surface area (Å²) in [6.45, 7) is 4.44. The molecule has 0 saturated heterocycles. The highest BCUT2D eigenvalue weighted by Crippen LogP contribution is 2.45. The molecule has 0 radical (unpaired) electrons. The van der Waals surface area contributed by atoms with Crippen LogP contribution >= 0.6 is 0 Å². The molecule has 1 fully saturated rings. The van der Waals surface area contributed by atoms with E-state index in [9.17, 15) is 0 Å². The molecule has 1 saturated carbocycles. The Morgan fingerprint density at radius 3 is 2.52 bits per heavy atom. The van der Waals surface area contributed by atoms with E-state index in [4.69, 9.17) is 15.2 Å². The van der Waals surface area contributed by atoms with Gasteiger partial charge in [-0.1, -0.05) is 32.3 Å². The van der Waals surface area contributed by atoms with Crippen molar-refractivity contribution in [1.29, 1.82) is 0 Å². The second kappa shape index (κ2) is 6.27. The highest BCUT2D eigenvalue weighted by atomic mass is 16.5. The fourth-order valence-corrected chi connectivity index (χ4v) is 3.95. The normalized spacial score (nSPS) is 20.9. The molecule has 1 heterocycles. The van der Waals surface area contributed by atoms with Gasteiger partial charge in [0, 0.05) is 23.9 Å². The molecule has 116 valence electrons. The van der Waals surface area contributed by atoms with E-state index >= 15 is 0 Å². The van der Waals surface area contributed by atoms with Gasteiger partial charge >= 0.3 is 0 Å². The lowest BCUT2D eigenvalue weighted by Crippen LogP contribution is -2.38. The van der Waals surface area contributed by atoms with Crippen LogP contribution in [0.2, 0.25) is 0 Å². The standard InChI is InChI=1S/C18H27NO2/c1-2-14-15(18(13-19)9-4-3-5-10-18)7-8-16-17(14)21-12-6-11-20-16/h7-8H,2-6,9-13,19H2,1H3. The maximum Gasteiger partial charge on any atom is 0.164 e.